The molecule has 0 aromatic heterocycles. The molecule has 18 aromatic carbocycles. The second-order valence-corrected chi connectivity index (χ2v) is 45.1. The van der Waals surface area contributed by atoms with E-state index in [1.165, 1.54) is 251 Å². The van der Waals surface area contributed by atoms with Gasteiger partial charge in [-0.25, -0.2) is 0 Å². The lowest BCUT2D eigenvalue weighted by atomic mass is 9.71. The second-order valence-electron chi connectivity index (χ2n) is 45.1. The van der Waals surface area contributed by atoms with Crippen LogP contribution in [-0.2, 0) is 48.7 Å². The molecule has 0 amide bonds. The summed E-state index contributed by atoms with van der Waals surface area (Å²) in [5.41, 5.74) is 59.6. The predicted octanol–water partition coefficient (Wildman–Crippen LogP) is 36.2. The van der Waals surface area contributed by atoms with E-state index >= 15 is 0 Å². The molecular weight excluding hydrogens is 1660 g/mol. The number of fused-ring (bicyclic) bond motifs is 24. The molecule has 3 aliphatic heterocycles. The van der Waals surface area contributed by atoms with E-state index in [9.17, 15) is 0 Å². The van der Waals surface area contributed by atoms with Crippen molar-refractivity contribution in [2.75, 3.05) is 14.7 Å². The predicted molar refractivity (Wildman–Crippen MR) is 581 cm³/mol. The van der Waals surface area contributed by atoms with Gasteiger partial charge in [0, 0.05) is 65.8 Å². The summed E-state index contributed by atoms with van der Waals surface area (Å²) in [5, 5.41) is 0. The number of para-hydroxylation sites is 3. The van der Waals surface area contributed by atoms with E-state index in [1.54, 1.807) is 0 Å². The molecule has 0 spiro atoms. The van der Waals surface area contributed by atoms with Crippen molar-refractivity contribution in [3.63, 3.8) is 0 Å². The van der Waals surface area contributed by atoms with E-state index in [0.29, 0.717) is 0 Å². The lowest BCUT2D eigenvalue weighted by molar-refractivity contribution is 0.627. The van der Waals surface area contributed by atoms with E-state index in [1.807, 2.05) is 0 Å². The maximum absolute atomic E-state index is 2.55. The van der Waals surface area contributed by atoms with Crippen LogP contribution in [0.5, 0.6) is 0 Å². The van der Waals surface area contributed by atoms with Gasteiger partial charge in [0.1, 0.15) is 0 Å². The van der Waals surface area contributed by atoms with Gasteiger partial charge in [0.15, 0.2) is 0 Å². The van der Waals surface area contributed by atoms with E-state index in [2.05, 4.69) is 522 Å². The monoisotopic (exact) mass is 1780 g/mol. The lowest BCUT2D eigenvalue weighted by Gasteiger charge is -2.43. The van der Waals surface area contributed by atoms with Gasteiger partial charge < -0.3 is 14.7 Å². The van der Waals surface area contributed by atoms with Gasteiger partial charge >= 0.3 is 0 Å². The van der Waals surface area contributed by atoms with Crippen LogP contribution in [0.3, 0.4) is 0 Å². The van der Waals surface area contributed by atoms with Crippen LogP contribution in [-0.4, -0.2) is 0 Å². The molecular formula is C135H117N3. The molecule has 18 aromatic rings. The van der Waals surface area contributed by atoms with Crippen LogP contribution in [0.15, 0.2) is 382 Å². The maximum atomic E-state index is 2.55. The molecule has 6 aliphatic carbocycles. The van der Waals surface area contributed by atoms with Crippen molar-refractivity contribution in [3.05, 3.63) is 482 Å². The minimum absolute atomic E-state index is 0.0103. The summed E-state index contributed by atoms with van der Waals surface area (Å²) >= 11 is 0. The third kappa shape index (κ3) is 12.1. The first-order chi connectivity index (χ1) is 66.2. The summed E-state index contributed by atoms with van der Waals surface area (Å²) in [4.78, 5) is 7.57. The zero-order valence-corrected chi connectivity index (χ0v) is 82.7. The molecule has 0 radical (unpaired) electrons. The van der Waals surface area contributed by atoms with Crippen molar-refractivity contribution in [3.8, 4) is 100 Å². The second kappa shape index (κ2) is 29.7. The zero-order valence-electron chi connectivity index (χ0n) is 82.7. The Hall–Kier alpha value is -14.6. The molecule has 3 heterocycles. The van der Waals surface area contributed by atoms with Gasteiger partial charge in [-0.05, 0) is 309 Å². The highest BCUT2D eigenvalue weighted by Gasteiger charge is 2.49. The van der Waals surface area contributed by atoms with E-state index in [0.717, 1.165) is 0 Å². The van der Waals surface area contributed by atoms with Crippen molar-refractivity contribution < 1.29 is 0 Å². The summed E-state index contributed by atoms with van der Waals surface area (Å²) in [6.07, 6.45) is 0. The van der Waals surface area contributed by atoms with Gasteiger partial charge in [-0.15, -0.1) is 0 Å². The van der Waals surface area contributed by atoms with Crippen LogP contribution in [0.25, 0.3) is 100 Å². The highest BCUT2D eigenvalue weighted by Crippen LogP contribution is 2.65. The van der Waals surface area contributed by atoms with Crippen molar-refractivity contribution in [1.29, 1.82) is 0 Å². The van der Waals surface area contributed by atoms with E-state index in [4.69, 9.17) is 0 Å². The lowest BCUT2D eigenvalue weighted by Crippen LogP contribution is -2.31. The average molecular weight is 1780 g/mol. The summed E-state index contributed by atoms with van der Waals surface area (Å²) in [5.74, 6) is 0. The standard InChI is InChI=1S/3C45H39N/c1-43(2)35-18-9-7-16-31(35)33-23-22-29(25-38(33)43)28-14-13-15-30(24-28)46-41-21-12-11-20-37(41)45(5,6)40-26-34-32-17-8-10-19-36(32)44(3,4)39(34)27-42(40)46;1-43(2)35-15-9-7-13-31(35)33-24-21-29(25-38(33)43)28-19-22-30(23-20-28)46-41-18-12-11-17-37(41)45(5,6)40-26-34-32-14-8-10-16-36(32)44(3,4)39(34)27-42(40)46;1-43(2)35-17-11-10-16-31(35)34-26-40-42(27-39(34)43)46(41-19-13-12-18-36(41)44(40,3)4)30-21-23-33-32-22-20-29(28-14-8-7-9-15-28)24-37(32)45(5,6)38(33)25-30/h3*7-27H,1-6H3. The molecule has 0 N–H and O–H groups in total. The summed E-state index contributed by atoms with van der Waals surface area (Å²) in [6, 6.07) is 144. The van der Waals surface area contributed by atoms with Crippen LogP contribution in [0, 0.1) is 0 Å². The first-order valence-corrected chi connectivity index (χ1v) is 49.9. The molecule has 9 aliphatic rings. The van der Waals surface area contributed by atoms with Crippen LogP contribution >= 0.6 is 0 Å². The Bertz CT molecular complexity index is 8230. The molecule has 0 saturated heterocycles. The topological polar surface area (TPSA) is 9.72 Å². The molecule has 3 heteroatoms. The number of benzene rings is 18. The van der Waals surface area contributed by atoms with Gasteiger partial charge in [-0.2, -0.15) is 0 Å². The Morgan fingerprint density at radius 2 is 0.333 bits per heavy atom. The Morgan fingerprint density at radius 3 is 0.688 bits per heavy atom. The van der Waals surface area contributed by atoms with Gasteiger partial charge in [0.25, 0.3) is 0 Å². The third-order valence-corrected chi connectivity index (χ3v) is 34.4. The Balaban J connectivity index is 0.000000110. The Kier molecular flexibility index (Phi) is 18.3. The summed E-state index contributed by atoms with van der Waals surface area (Å²) < 4.78 is 0. The van der Waals surface area contributed by atoms with Crippen molar-refractivity contribution >= 4 is 51.2 Å². The van der Waals surface area contributed by atoms with E-state index in [-0.39, 0.29) is 48.7 Å². The van der Waals surface area contributed by atoms with Gasteiger partial charge in [-0.3, -0.25) is 0 Å². The van der Waals surface area contributed by atoms with Crippen molar-refractivity contribution in [2.24, 2.45) is 0 Å². The fourth-order valence-corrected chi connectivity index (χ4v) is 26.6. The fourth-order valence-electron chi connectivity index (χ4n) is 26.6. The Morgan fingerprint density at radius 1 is 0.116 bits per heavy atom. The van der Waals surface area contributed by atoms with E-state index < -0.39 is 0 Å². The van der Waals surface area contributed by atoms with Crippen molar-refractivity contribution in [2.45, 2.75) is 173 Å². The molecule has 27 rings (SSSR count). The first kappa shape index (κ1) is 85.1. The van der Waals surface area contributed by atoms with Gasteiger partial charge in [0.05, 0.1) is 34.1 Å². The zero-order chi connectivity index (χ0) is 94.8. The number of hydrogen-bond donors (Lipinski definition) is 0. The molecule has 0 atom stereocenters. The molecule has 672 valence electrons. The van der Waals surface area contributed by atoms with Crippen LogP contribution in [0.4, 0.5) is 51.2 Å². The normalized spacial score (nSPS) is 17.0. The SMILES string of the molecule is CC1(C)c2cc(-c3ccccc3)ccc2-c2ccc(N3c4ccccc4C(C)(C)c4cc5c(cc43)C(C)(C)c3ccccc3-5)cc21.CC1(C)c2ccccc2-c2ccc(-c3ccc(N4c5ccccc5C(C)(C)c5cc6c(cc54)C(C)(C)c4ccccc4-6)cc3)cc21.CC1(C)c2ccccc2-c2ccc(-c3cccc(N4c5ccccc5C(C)(C)c5cc6c(cc54)C(C)(C)c4ccccc4-6)c3)cc21. The highest BCUT2D eigenvalue weighted by atomic mass is 15.2. The number of anilines is 9. The fraction of sp³-hybridized carbons (Fsp3) is 0.200. The number of hydrogen-bond acceptors (Lipinski definition) is 3. The van der Waals surface area contributed by atoms with Crippen LogP contribution in [0.1, 0.15) is 225 Å². The molecule has 138 heavy (non-hydrogen) atoms. The minimum Gasteiger partial charge on any atom is -0.310 e. The molecule has 0 saturated carbocycles. The molecule has 0 bridgehead atoms. The molecule has 0 fully saturated rings. The molecule has 0 unspecified atom stereocenters. The van der Waals surface area contributed by atoms with Crippen LogP contribution in [0.2, 0.25) is 0 Å². The Labute approximate surface area is 815 Å². The summed E-state index contributed by atoms with van der Waals surface area (Å²) in [6.45, 7) is 42.8. The largest absolute Gasteiger partial charge is 0.310 e. The smallest absolute Gasteiger partial charge is 0.0506 e. The number of nitrogens with zero attached hydrogens (tertiary/aromatic N) is 3. The molecule has 3 nitrogen and oxygen atoms in total. The van der Waals surface area contributed by atoms with Gasteiger partial charge in [0.2, 0.25) is 0 Å². The van der Waals surface area contributed by atoms with Crippen molar-refractivity contribution in [1.82, 2.24) is 0 Å². The maximum Gasteiger partial charge on any atom is 0.0506 e. The average Bonchev–Trinajstić information content (AvgIpc) is 1.48. The third-order valence-electron chi connectivity index (χ3n) is 34.4. The highest BCUT2D eigenvalue weighted by molar-refractivity contribution is 5.99. The van der Waals surface area contributed by atoms with Crippen LogP contribution < -0.4 is 14.7 Å². The quantitative estimate of drug-likeness (QED) is 0.164. The first-order valence-electron chi connectivity index (χ1n) is 49.9. The number of rotatable bonds is 6. The van der Waals surface area contributed by atoms with Gasteiger partial charge in [-0.1, -0.05) is 398 Å². The summed E-state index contributed by atoms with van der Waals surface area (Å²) in [7, 11) is 0. The minimum atomic E-state index is -0.142.